The maximum absolute atomic E-state index is 12.8. The van der Waals surface area contributed by atoms with Gasteiger partial charge in [0.25, 0.3) is 0 Å². The number of carbonyl (C=O) groups excluding carboxylic acids is 2. The van der Waals surface area contributed by atoms with Gasteiger partial charge in [-0.25, -0.2) is 0 Å². The number of aryl methyl sites for hydroxylation is 2. The van der Waals surface area contributed by atoms with Gasteiger partial charge in [0.1, 0.15) is 5.01 Å². The van der Waals surface area contributed by atoms with Crippen LogP contribution in [0.2, 0.25) is 5.02 Å². The molecule has 2 aromatic carbocycles. The predicted molar refractivity (Wildman–Crippen MR) is 141 cm³/mol. The first-order valence-corrected chi connectivity index (χ1v) is 13.1. The number of hydrogen-bond acceptors (Lipinski definition) is 6. The lowest BCUT2D eigenvalue weighted by atomic mass is 10.1. The van der Waals surface area contributed by atoms with Crippen molar-refractivity contribution in [2.75, 3.05) is 29.9 Å². The molecule has 1 unspecified atom stereocenters. The van der Waals surface area contributed by atoms with E-state index in [1.54, 1.807) is 4.90 Å². The van der Waals surface area contributed by atoms with Crippen molar-refractivity contribution in [1.82, 2.24) is 15.1 Å². The molecule has 0 radical (unpaired) electrons. The number of nitrogens with zero attached hydrogens (tertiary/aromatic N) is 4. The van der Waals surface area contributed by atoms with Crippen molar-refractivity contribution in [3.05, 3.63) is 69.7 Å². The van der Waals surface area contributed by atoms with Crippen LogP contribution in [0.5, 0.6) is 0 Å². The van der Waals surface area contributed by atoms with Crippen LogP contribution in [0.15, 0.2) is 48.5 Å². The summed E-state index contributed by atoms with van der Waals surface area (Å²) in [5.41, 5.74) is 3.20. The van der Waals surface area contributed by atoms with E-state index in [9.17, 15) is 9.59 Å². The average molecular weight is 512 g/mol. The number of aromatic nitrogens is 2. The van der Waals surface area contributed by atoms with Crippen LogP contribution in [0.4, 0.5) is 10.8 Å². The summed E-state index contributed by atoms with van der Waals surface area (Å²) >= 11 is 7.30. The third-order valence-electron chi connectivity index (χ3n) is 6.28. The molecule has 9 heteroatoms. The molecule has 1 aromatic heterocycles. The number of amides is 2. The Hall–Kier alpha value is -2.81. The summed E-state index contributed by atoms with van der Waals surface area (Å²) in [7, 11) is 0. The molecule has 4 rings (SSSR count). The Morgan fingerprint density at radius 2 is 1.74 bits per heavy atom. The number of halogens is 1. The highest BCUT2D eigenvalue weighted by Gasteiger charge is 2.35. The van der Waals surface area contributed by atoms with Gasteiger partial charge in [0, 0.05) is 36.6 Å². The molecule has 1 saturated heterocycles. The van der Waals surface area contributed by atoms with Crippen LogP contribution in [0.3, 0.4) is 0 Å². The molecular formula is C26H30ClN5O2S. The monoisotopic (exact) mass is 511 g/mol. The number of rotatable bonds is 10. The van der Waals surface area contributed by atoms with Gasteiger partial charge in [-0.15, -0.1) is 10.2 Å². The van der Waals surface area contributed by atoms with Gasteiger partial charge >= 0.3 is 0 Å². The quantitative estimate of drug-likeness (QED) is 0.422. The van der Waals surface area contributed by atoms with E-state index in [2.05, 4.69) is 46.4 Å². The lowest BCUT2D eigenvalue weighted by Crippen LogP contribution is -2.28. The number of nitrogens with one attached hydrogen (secondary N) is 1. The Labute approximate surface area is 215 Å². The van der Waals surface area contributed by atoms with Crippen LogP contribution in [0.25, 0.3) is 0 Å². The van der Waals surface area contributed by atoms with E-state index in [0.29, 0.717) is 16.7 Å². The molecule has 2 heterocycles. The summed E-state index contributed by atoms with van der Waals surface area (Å²) in [4.78, 5) is 29.5. The molecule has 0 saturated carbocycles. The van der Waals surface area contributed by atoms with Crippen molar-refractivity contribution in [2.24, 2.45) is 5.92 Å². The summed E-state index contributed by atoms with van der Waals surface area (Å²) < 4.78 is 0. The first-order chi connectivity index (χ1) is 16.9. The molecule has 1 fully saturated rings. The van der Waals surface area contributed by atoms with Crippen molar-refractivity contribution in [3.63, 3.8) is 0 Å². The highest BCUT2D eigenvalue weighted by Crippen LogP contribution is 2.27. The molecule has 1 aliphatic heterocycles. The zero-order valence-corrected chi connectivity index (χ0v) is 21.6. The van der Waals surface area contributed by atoms with Crippen molar-refractivity contribution in [2.45, 2.75) is 39.7 Å². The van der Waals surface area contributed by atoms with Gasteiger partial charge in [-0.3, -0.25) is 14.5 Å². The predicted octanol–water partition coefficient (Wildman–Crippen LogP) is 4.81. The largest absolute Gasteiger partial charge is 0.312 e. The molecule has 184 valence electrons. The SMILES string of the molecule is CCN(CC)Cc1ccc(N2CC(C(=O)Nc3nnc(CCc4ccc(Cl)cc4)s3)CC2=O)cc1. The molecular weight excluding hydrogens is 482 g/mol. The van der Waals surface area contributed by atoms with E-state index >= 15 is 0 Å². The Kier molecular flexibility index (Phi) is 8.49. The van der Waals surface area contributed by atoms with E-state index in [1.807, 2.05) is 36.4 Å². The van der Waals surface area contributed by atoms with Gasteiger partial charge in [-0.1, -0.05) is 61.1 Å². The summed E-state index contributed by atoms with van der Waals surface area (Å²) in [5.74, 6) is -0.652. The van der Waals surface area contributed by atoms with Gasteiger partial charge in [0.2, 0.25) is 16.9 Å². The minimum absolute atomic E-state index is 0.0393. The summed E-state index contributed by atoms with van der Waals surface area (Å²) in [6.07, 6.45) is 1.74. The van der Waals surface area contributed by atoms with E-state index in [-0.39, 0.29) is 18.2 Å². The second-order valence-corrected chi connectivity index (χ2v) is 10.1. The fourth-order valence-electron chi connectivity index (χ4n) is 4.13. The first-order valence-electron chi connectivity index (χ1n) is 11.9. The molecule has 3 aromatic rings. The number of anilines is 2. The molecule has 2 amide bonds. The maximum atomic E-state index is 12.8. The maximum Gasteiger partial charge on any atom is 0.231 e. The average Bonchev–Trinajstić information content (AvgIpc) is 3.49. The number of benzene rings is 2. The summed E-state index contributed by atoms with van der Waals surface area (Å²) in [6.45, 7) is 7.54. The van der Waals surface area contributed by atoms with Gasteiger partial charge in [-0.2, -0.15) is 0 Å². The van der Waals surface area contributed by atoms with Crippen molar-refractivity contribution >= 4 is 45.6 Å². The molecule has 7 nitrogen and oxygen atoms in total. The van der Waals surface area contributed by atoms with Crippen LogP contribution in [0.1, 0.15) is 36.4 Å². The molecule has 1 N–H and O–H groups in total. The number of carbonyl (C=O) groups is 2. The van der Waals surface area contributed by atoms with Gasteiger partial charge < -0.3 is 10.2 Å². The minimum Gasteiger partial charge on any atom is -0.312 e. The summed E-state index contributed by atoms with van der Waals surface area (Å²) in [5, 5.41) is 13.2. The summed E-state index contributed by atoms with van der Waals surface area (Å²) in [6, 6.07) is 15.8. The topological polar surface area (TPSA) is 78.4 Å². The molecule has 1 atom stereocenters. The normalized spacial score (nSPS) is 15.7. The van der Waals surface area contributed by atoms with E-state index in [0.717, 1.165) is 43.2 Å². The minimum atomic E-state index is -0.417. The van der Waals surface area contributed by atoms with Crippen LogP contribution < -0.4 is 10.2 Å². The molecule has 35 heavy (non-hydrogen) atoms. The fourth-order valence-corrected chi connectivity index (χ4v) is 5.00. The van der Waals surface area contributed by atoms with E-state index in [4.69, 9.17) is 11.6 Å². The molecule has 1 aliphatic rings. The highest BCUT2D eigenvalue weighted by atomic mass is 35.5. The van der Waals surface area contributed by atoms with Crippen molar-refractivity contribution < 1.29 is 9.59 Å². The smallest absolute Gasteiger partial charge is 0.231 e. The van der Waals surface area contributed by atoms with E-state index in [1.165, 1.54) is 22.5 Å². The Morgan fingerprint density at radius 3 is 2.43 bits per heavy atom. The van der Waals surface area contributed by atoms with Crippen LogP contribution in [-0.4, -0.2) is 46.5 Å². The van der Waals surface area contributed by atoms with Crippen LogP contribution >= 0.6 is 22.9 Å². The Balaban J connectivity index is 1.30. The van der Waals surface area contributed by atoms with Gasteiger partial charge in [0.15, 0.2) is 0 Å². The third-order valence-corrected chi connectivity index (χ3v) is 7.43. The third kappa shape index (κ3) is 6.66. The zero-order chi connectivity index (χ0) is 24.8. The van der Waals surface area contributed by atoms with Crippen LogP contribution in [0, 0.1) is 5.92 Å². The fraction of sp³-hybridized carbons (Fsp3) is 0.385. The Bertz CT molecular complexity index is 1150. The zero-order valence-electron chi connectivity index (χ0n) is 20.0. The highest BCUT2D eigenvalue weighted by molar-refractivity contribution is 7.15. The number of hydrogen-bond donors (Lipinski definition) is 1. The van der Waals surface area contributed by atoms with E-state index < -0.39 is 5.92 Å². The second-order valence-electron chi connectivity index (χ2n) is 8.65. The molecule has 0 spiro atoms. The second kappa shape index (κ2) is 11.7. The van der Waals surface area contributed by atoms with Gasteiger partial charge in [-0.05, 0) is 54.9 Å². The Morgan fingerprint density at radius 1 is 1.06 bits per heavy atom. The van der Waals surface area contributed by atoms with Crippen LogP contribution in [-0.2, 0) is 29.0 Å². The van der Waals surface area contributed by atoms with Crippen molar-refractivity contribution in [3.8, 4) is 0 Å². The van der Waals surface area contributed by atoms with Gasteiger partial charge in [0.05, 0.1) is 5.92 Å². The lowest BCUT2D eigenvalue weighted by molar-refractivity contribution is -0.122. The molecule has 0 bridgehead atoms. The lowest BCUT2D eigenvalue weighted by Gasteiger charge is -2.20. The van der Waals surface area contributed by atoms with Crippen molar-refractivity contribution in [1.29, 1.82) is 0 Å². The standard InChI is InChI=1S/C26H30ClN5O2S/c1-3-31(4-2)16-19-7-12-22(13-8-19)32-17-20(15-24(32)33)25(34)28-26-30-29-23(35-26)14-9-18-5-10-21(27)11-6-18/h5-8,10-13,20H,3-4,9,14-17H2,1-2H3,(H,28,30,34). The first kappa shape index (κ1) is 25.3. The molecule has 0 aliphatic carbocycles.